The zero-order chi connectivity index (χ0) is 14.8. The Bertz CT molecular complexity index is 855. The van der Waals surface area contributed by atoms with Crippen molar-refractivity contribution in [2.24, 2.45) is 0 Å². The molecule has 2 aromatic carbocycles. The van der Waals surface area contributed by atoms with E-state index in [0.717, 1.165) is 10.0 Å². The summed E-state index contributed by atoms with van der Waals surface area (Å²) >= 11 is 3.40. The fourth-order valence-electron chi connectivity index (χ4n) is 1.90. The van der Waals surface area contributed by atoms with Crippen LogP contribution in [0.3, 0.4) is 0 Å². The van der Waals surface area contributed by atoms with E-state index >= 15 is 0 Å². The lowest BCUT2D eigenvalue weighted by Crippen LogP contribution is -1.86. The molecule has 3 rings (SSSR count). The van der Waals surface area contributed by atoms with Gasteiger partial charge in [0.25, 0.3) is 5.69 Å². The SMILES string of the molecule is O=[N+]([O-])c1ccc2oc(/C=C/c3cccc(Br)c3)nc2c1. The molecule has 1 aromatic heterocycles. The van der Waals surface area contributed by atoms with Gasteiger partial charge in [0.2, 0.25) is 5.89 Å². The van der Waals surface area contributed by atoms with Gasteiger partial charge >= 0.3 is 0 Å². The quantitative estimate of drug-likeness (QED) is 0.511. The van der Waals surface area contributed by atoms with Crippen LogP contribution >= 0.6 is 15.9 Å². The van der Waals surface area contributed by atoms with E-state index in [1.165, 1.54) is 12.1 Å². The number of nitro benzene ring substituents is 1. The highest BCUT2D eigenvalue weighted by atomic mass is 79.9. The van der Waals surface area contributed by atoms with Gasteiger partial charge in [-0.2, -0.15) is 0 Å². The second-order valence-corrected chi connectivity index (χ2v) is 5.27. The smallest absolute Gasteiger partial charge is 0.271 e. The second-order valence-electron chi connectivity index (χ2n) is 4.35. The predicted octanol–water partition coefficient (Wildman–Crippen LogP) is 4.67. The molecule has 0 unspecified atom stereocenters. The van der Waals surface area contributed by atoms with Crippen molar-refractivity contribution in [3.8, 4) is 0 Å². The van der Waals surface area contributed by atoms with Gasteiger partial charge in [-0.15, -0.1) is 0 Å². The largest absolute Gasteiger partial charge is 0.437 e. The van der Waals surface area contributed by atoms with Crippen molar-refractivity contribution < 1.29 is 9.34 Å². The van der Waals surface area contributed by atoms with Crippen LogP contribution < -0.4 is 0 Å². The van der Waals surface area contributed by atoms with Crippen molar-refractivity contribution in [2.45, 2.75) is 0 Å². The fraction of sp³-hybridized carbons (Fsp3) is 0. The van der Waals surface area contributed by atoms with Crippen molar-refractivity contribution in [3.63, 3.8) is 0 Å². The molecule has 21 heavy (non-hydrogen) atoms. The van der Waals surface area contributed by atoms with Gasteiger partial charge in [0.15, 0.2) is 5.58 Å². The number of non-ortho nitro benzene ring substituents is 1. The first kappa shape index (κ1) is 13.5. The number of fused-ring (bicyclic) bond motifs is 1. The Morgan fingerprint density at radius 1 is 1.19 bits per heavy atom. The highest BCUT2D eigenvalue weighted by Crippen LogP contribution is 2.22. The van der Waals surface area contributed by atoms with E-state index in [1.807, 2.05) is 30.3 Å². The third-order valence-corrected chi connectivity index (χ3v) is 3.36. The molecule has 0 N–H and O–H groups in total. The molecule has 1 heterocycles. The highest BCUT2D eigenvalue weighted by molar-refractivity contribution is 9.10. The lowest BCUT2D eigenvalue weighted by molar-refractivity contribution is -0.384. The lowest BCUT2D eigenvalue weighted by atomic mass is 10.2. The molecule has 0 spiro atoms. The van der Waals surface area contributed by atoms with Crippen LogP contribution in [0.2, 0.25) is 0 Å². The van der Waals surface area contributed by atoms with Crippen LogP contribution in [-0.4, -0.2) is 9.91 Å². The van der Waals surface area contributed by atoms with Crippen molar-refractivity contribution >= 4 is 44.9 Å². The summed E-state index contributed by atoms with van der Waals surface area (Å²) in [5.74, 6) is 0.408. The summed E-state index contributed by atoms with van der Waals surface area (Å²) in [5, 5.41) is 10.7. The first-order valence-corrected chi connectivity index (χ1v) is 6.90. The van der Waals surface area contributed by atoms with E-state index < -0.39 is 4.92 Å². The van der Waals surface area contributed by atoms with Crippen LogP contribution in [0.1, 0.15) is 11.5 Å². The maximum absolute atomic E-state index is 10.7. The predicted molar refractivity (Wildman–Crippen MR) is 83.7 cm³/mol. The summed E-state index contributed by atoms with van der Waals surface area (Å²) in [6.07, 6.45) is 3.59. The van der Waals surface area contributed by atoms with Crippen LogP contribution in [0.25, 0.3) is 23.3 Å². The molecular formula is C15H9BrN2O3. The maximum Gasteiger partial charge on any atom is 0.271 e. The Morgan fingerprint density at radius 2 is 2.05 bits per heavy atom. The summed E-state index contributed by atoms with van der Waals surface area (Å²) in [7, 11) is 0. The molecule has 0 saturated carbocycles. The Labute approximate surface area is 128 Å². The molecule has 0 amide bonds. The van der Waals surface area contributed by atoms with Gasteiger partial charge in [-0.3, -0.25) is 10.1 Å². The van der Waals surface area contributed by atoms with Crippen molar-refractivity contribution in [2.75, 3.05) is 0 Å². The van der Waals surface area contributed by atoms with Crippen molar-refractivity contribution in [1.29, 1.82) is 0 Å². The number of hydrogen-bond donors (Lipinski definition) is 0. The third kappa shape index (κ3) is 3.00. The molecule has 0 saturated heterocycles. The van der Waals surface area contributed by atoms with Crippen LogP contribution in [0.5, 0.6) is 0 Å². The topological polar surface area (TPSA) is 69.2 Å². The average Bonchev–Trinajstić information content (AvgIpc) is 2.87. The minimum Gasteiger partial charge on any atom is -0.437 e. The number of nitro groups is 1. The first-order chi connectivity index (χ1) is 10.1. The monoisotopic (exact) mass is 344 g/mol. The molecular weight excluding hydrogens is 336 g/mol. The second kappa shape index (κ2) is 5.49. The maximum atomic E-state index is 10.7. The molecule has 6 heteroatoms. The van der Waals surface area contributed by atoms with Crippen LogP contribution in [0.15, 0.2) is 51.4 Å². The van der Waals surface area contributed by atoms with Gasteiger partial charge in [0.1, 0.15) is 5.52 Å². The van der Waals surface area contributed by atoms with Crippen molar-refractivity contribution in [3.05, 3.63) is 68.5 Å². The molecule has 104 valence electrons. The van der Waals surface area contributed by atoms with Crippen molar-refractivity contribution in [1.82, 2.24) is 4.98 Å². The van der Waals surface area contributed by atoms with Crippen LogP contribution in [-0.2, 0) is 0 Å². The minimum atomic E-state index is -0.453. The Hall–Kier alpha value is -2.47. The number of oxazole rings is 1. The van der Waals surface area contributed by atoms with Gasteiger partial charge in [-0.05, 0) is 29.8 Å². The summed E-state index contributed by atoms with van der Waals surface area (Å²) < 4.78 is 6.51. The number of aromatic nitrogens is 1. The summed E-state index contributed by atoms with van der Waals surface area (Å²) in [6.45, 7) is 0. The van der Waals surface area contributed by atoms with E-state index in [2.05, 4.69) is 20.9 Å². The van der Waals surface area contributed by atoms with Gasteiger partial charge in [0, 0.05) is 22.7 Å². The van der Waals surface area contributed by atoms with Crippen LogP contribution in [0, 0.1) is 10.1 Å². The molecule has 0 aliphatic heterocycles. The first-order valence-electron chi connectivity index (χ1n) is 6.10. The van der Waals surface area contributed by atoms with E-state index in [0.29, 0.717) is 17.0 Å². The molecule has 0 bridgehead atoms. The van der Waals surface area contributed by atoms with Crippen LogP contribution in [0.4, 0.5) is 5.69 Å². The number of halogens is 1. The van der Waals surface area contributed by atoms with E-state index in [9.17, 15) is 10.1 Å². The molecule has 0 radical (unpaired) electrons. The molecule has 0 fully saturated rings. The number of benzene rings is 2. The lowest BCUT2D eigenvalue weighted by Gasteiger charge is -1.92. The Morgan fingerprint density at radius 3 is 2.81 bits per heavy atom. The van der Waals surface area contributed by atoms with Gasteiger partial charge in [0.05, 0.1) is 4.92 Å². The van der Waals surface area contributed by atoms with E-state index in [4.69, 9.17) is 4.42 Å². The molecule has 0 atom stereocenters. The minimum absolute atomic E-state index is 0.00156. The number of rotatable bonds is 3. The Kier molecular flexibility index (Phi) is 3.53. The number of nitrogens with zero attached hydrogens (tertiary/aromatic N) is 2. The highest BCUT2D eigenvalue weighted by Gasteiger charge is 2.10. The fourth-order valence-corrected chi connectivity index (χ4v) is 2.31. The van der Waals surface area contributed by atoms with Gasteiger partial charge < -0.3 is 4.42 Å². The zero-order valence-electron chi connectivity index (χ0n) is 10.7. The summed E-state index contributed by atoms with van der Waals surface area (Å²) in [5.41, 5.74) is 1.99. The summed E-state index contributed by atoms with van der Waals surface area (Å²) in [4.78, 5) is 14.5. The molecule has 0 aliphatic carbocycles. The average molecular weight is 345 g/mol. The summed E-state index contributed by atoms with van der Waals surface area (Å²) in [6, 6.07) is 12.1. The standard InChI is InChI=1S/C15H9BrN2O3/c16-11-3-1-2-10(8-11)4-7-15-17-13-9-12(18(19)20)5-6-14(13)21-15/h1-9H/b7-4+. The third-order valence-electron chi connectivity index (χ3n) is 2.87. The zero-order valence-corrected chi connectivity index (χ0v) is 12.3. The van der Waals surface area contributed by atoms with Gasteiger partial charge in [-0.25, -0.2) is 4.98 Å². The molecule has 5 nitrogen and oxygen atoms in total. The van der Waals surface area contributed by atoms with E-state index in [1.54, 1.807) is 12.1 Å². The van der Waals surface area contributed by atoms with Gasteiger partial charge in [-0.1, -0.05) is 28.1 Å². The molecule has 3 aromatic rings. The number of hydrogen-bond acceptors (Lipinski definition) is 4. The Balaban J connectivity index is 1.92. The normalized spacial score (nSPS) is 11.3. The molecule has 0 aliphatic rings. The van der Waals surface area contributed by atoms with E-state index in [-0.39, 0.29) is 5.69 Å².